The topological polar surface area (TPSA) is 143 Å². The van der Waals surface area contributed by atoms with Crippen LogP contribution in [0.15, 0.2) is 24.8 Å². The van der Waals surface area contributed by atoms with Crippen molar-refractivity contribution < 1.29 is 24.9 Å². The summed E-state index contributed by atoms with van der Waals surface area (Å²) in [7, 11) is 0. The molecule has 5 atom stereocenters. The number of nitrogens with one attached hydrogen (secondary N) is 1. The van der Waals surface area contributed by atoms with E-state index < -0.39 is 36.6 Å². The third-order valence-corrected chi connectivity index (χ3v) is 4.13. The van der Waals surface area contributed by atoms with Crippen LogP contribution in [0, 0.1) is 11.8 Å². The zero-order valence-electron chi connectivity index (χ0n) is 14.7. The molecule has 1 unspecified atom stereocenters. The van der Waals surface area contributed by atoms with Crippen LogP contribution in [-0.4, -0.2) is 65.2 Å². The lowest BCUT2D eigenvalue weighted by Crippen LogP contribution is -2.38. The monoisotopic (exact) mass is 373 g/mol. The van der Waals surface area contributed by atoms with Crippen molar-refractivity contribution in [1.82, 2.24) is 19.5 Å². The van der Waals surface area contributed by atoms with Gasteiger partial charge in [0.05, 0.1) is 6.33 Å². The van der Waals surface area contributed by atoms with Crippen LogP contribution in [0.1, 0.15) is 20.1 Å². The molecule has 1 saturated heterocycles. The highest BCUT2D eigenvalue weighted by Gasteiger charge is 2.47. The maximum atomic E-state index is 11.8. The summed E-state index contributed by atoms with van der Waals surface area (Å²) in [6.07, 6.45) is -3.55. The molecule has 0 aliphatic carbocycles. The van der Waals surface area contributed by atoms with E-state index in [0.717, 1.165) is 0 Å². The molecule has 0 spiro atoms. The number of aromatic nitrogens is 4. The molecule has 10 nitrogen and oxygen atoms in total. The van der Waals surface area contributed by atoms with Gasteiger partial charge in [-0.2, -0.15) is 0 Å². The molecule has 3 heterocycles. The van der Waals surface area contributed by atoms with Gasteiger partial charge in [-0.15, -0.1) is 5.92 Å². The molecule has 0 radical (unpaired) electrons. The number of hydrogen-bond donors (Lipinski definition) is 4. The van der Waals surface area contributed by atoms with E-state index in [2.05, 4.69) is 38.7 Å². The lowest BCUT2D eigenvalue weighted by molar-refractivity contribution is -0.112. The van der Waals surface area contributed by atoms with Crippen LogP contribution >= 0.6 is 0 Å². The Balaban J connectivity index is 1.94. The molecule has 1 amide bonds. The van der Waals surface area contributed by atoms with E-state index in [-0.39, 0.29) is 17.0 Å². The minimum atomic E-state index is -1.35. The lowest BCUT2D eigenvalue weighted by Gasteiger charge is -2.17. The zero-order chi connectivity index (χ0) is 19.7. The van der Waals surface area contributed by atoms with E-state index in [4.69, 9.17) is 4.74 Å². The number of carbonyl (C=O) groups is 1. The summed E-state index contributed by atoms with van der Waals surface area (Å²) in [6.45, 7) is 6.66. The van der Waals surface area contributed by atoms with E-state index in [1.54, 1.807) is 13.8 Å². The van der Waals surface area contributed by atoms with Crippen LogP contribution in [0.25, 0.3) is 11.2 Å². The number of imidazole rings is 1. The Hall–Kier alpha value is -2.84. The molecule has 1 aliphatic heterocycles. The van der Waals surface area contributed by atoms with Gasteiger partial charge in [-0.1, -0.05) is 12.5 Å². The quantitative estimate of drug-likeness (QED) is 0.409. The first-order valence-corrected chi connectivity index (χ1v) is 8.11. The summed E-state index contributed by atoms with van der Waals surface area (Å²) in [5, 5.41) is 33.1. The number of aliphatic hydroxyl groups is 3. The highest BCUT2D eigenvalue weighted by Crippen LogP contribution is 2.33. The van der Waals surface area contributed by atoms with Crippen LogP contribution < -0.4 is 5.32 Å². The van der Waals surface area contributed by atoms with Gasteiger partial charge in [0.15, 0.2) is 23.2 Å². The molecule has 0 bridgehead atoms. The van der Waals surface area contributed by atoms with Gasteiger partial charge in [-0.3, -0.25) is 9.36 Å². The molecular weight excluding hydrogens is 354 g/mol. The summed E-state index contributed by atoms with van der Waals surface area (Å²) in [6, 6.07) is 0. The van der Waals surface area contributed by atoms with Gasteiger partial charge in [0.2, 0.25) is 0 Å². The van der Waals surface area contributed by atoms with Gasteiger partial charge in [-0.25, -0.2) is 15.0 Å². The second kappa shape index (κ2) is 7.42. The van der Waals surface area contributed by atoms with Gasteiger partial charge in [-0.05, 0) is 13.8 Å². The minimum absolute atomic E-state index is 0.174. The Bertz CT molecular complexity index is 946. The van der Waals surface area contributed by atoms with Crippen LogP contribution in [0.3, 0.4) is 0 Å². The first-order chi connectivity index (χ1) is 12.8. The Kier molecular flexibility index (Phi) is 5.20. The van der Waals surface area contributed by atoms with Crippen molar-refractivity contribution in [1.29, 1.82) is 0 Å². The summed E-state index contributed by atoms with van der Waals surface area (Å²) in [5.41, 5.74) is 0.845. The number of fused-ring (bicyclic) bond motifs is 1. The van der Waals surface area contributed by atoms with Crippen LogP contribution in [0.2, 0.25) is 0 Å². The first-order valence-electron chi connectivity index (χ1n) is 8.11. The number of ether oxygens (including phenoxy) is 1. The fourth-order valence-corrected chi connectivity index (χ4v) is 2.75. The van der Waals surface area contributed by atoms with E-state index in [1.807, 2.05) is 0 Å². The number of anilines is 1. The number of aliphatic hydroxyl groups excluding tert-OH is 3. The second-order valence-electron chi connectivity index (χ2n) is 6.09. The predicted octanol–water partition coefficient (Wildman–Crippen LogP) is -0.656. The number of amides is 1. The maximum absolute atomic E-state index is 11.8. The molecule has 2 aromatic heterocycles. The molecule has 10 heteroatoms. The van der Waals surface area contributed by atoms with Crippen molar-refractivity contribution >= 4 is 22.9 Å². The molecule has 3 rings (SSSR count). The third-order valence-electron chi connectivity index (χ3n) is 4.13. The van der Waals surface area contributed by atoms with Gasteiger partial charge in [0.1, 0.15) is 30.7 Å². The van der Waals surface area contributed by atoms with E-state index >= 15 is 0 Å². The zero-order valence-corrected chi connectivity index (χ0v) is 14.7. The molecule has 1 fully saturated rings. The van der Waals surface area contributed by atoms with Crippen molar-refractivity contribution in [3.05, 3.63) is 24.8 Å². The molecule has 4 N–H and O–H groups in total. The van der Waals surface area contributed by atoms with Crippen LogP contribution in [0.4, 0.5) is 5.82 Å². The Morgan fingerprint density at radius 1 is 1.37 bits per heavy atom. The summed E-state index contributed by atoms with van der Waals surface area (Å²) >= 11 is 0. The Morgan fingerprint density at radius 2 is 2.11 bits per heavy atom. The molecule has 27 heavy (non-hydrogen) atoms. The largest absolute Gasteiger partial charge is 0.387 e. The van der Waals surface area contributed by atoms with E-state index in [1.165, 1.54) is 17.2 Å². The van der Waals surface area contributed by atoms with Crippen molar-refractivity contribution in [2.24, 2.45) is 0 Å². The highest BCUT2D eigenvalue weighted by atomic mass is 16.6. The molecule has 2 aromatic rings. The predicted molar refractivity (Wildman–Crippen MR) is 94.1 cm³/mol. The number of nitrogens with zero attached hydrogens (tertiary/aromatic N) is 4. The van der Waals surface area contributed by atoms with Crippen molar-refractivity contribution in [3.63, 3.8) is 0 Å². The van der Waals surface area contributed by atoms with Crippen LogP contribution in [-0.2, 0) is 9.53 Å². The summed E-state index contributed by atoms with van der Waals surface area (Å²) in [4.78, 5) is 24.1. The smallest absolute Gasteiger partial charge is 0.251 e. The van der Waals surface area contributed by atoms with Crippen molar-refractivity contribution in [3.8, 4) is 11.8 Å². The average molecular weight is 373 g/mol. The van der Waals surface area contributed by atoms with Crippen molar-refractivity contribution in [2.75, 3.05) is 5.32 Å². The Labute approximate surface area is 154 Å². The first kappa shape index (κ1) is 18.9. The Morgan fingerprint density at radius 3 is 2.78 bits per heavy atom. The van der Waals surface area contributed by atoms with E-state index in [0.29, 0.717) is 5.57 Å². The number of rotatable bonds is 4. The normalized spacial score (nSPS) is 25.7. The standard InChI is InChI=1S/C17H19N5O5/c1-4-5-9(23)13-11(24)12(25)17(27-13)22-7-20-10-14(18-6-19-15(10)22)21-16(26)8(2)3/h6-7,9,11-13,17,23-25H,2H2,1,3H3,(H,18,19,21,26)/t9?,11-,12+,13+,17+/m0/s1. The van der Waals surface area contributed by atoms with Gasteiger partial charge in [0, 0.05) is 5.57 Å². The number of carbonyl (C=O) groups excluding carboxylic acids is 1. The molecule has 142 valence electrons. The lowest BCUT2D eigenvalue weighted by atomic mass is 10.1. The molecule has 1 aliphatic rings. The second-order valence-corrected chi connectivity index (χ2v) is 6.09. The molecule has 0 aromatic carbocycles. The highest BCUT2D eigenvalue weighted by molar-refractivity contribution is 6.05. The van der Waals surface area contributed by atoms with Crippen LogP contribution in [0.5, 0.6) is 0 Å². The summed E-state index contributed by atoms with van der Waals surface area (Å²) in [5.74, 6) is 4.78. The summed E-state index contributed by atoms with van der Waals surface area (Å²) < 4.78 is 7.02. The number of hydrogen-bond acceptors (Lipinski definition) is 8. The average Bonchev–Trinajstić information content (AvgIpc) is 3.18. The van der Waals surface area contributed by atoms with Gasteiger partial charge < -0.3 is 25.4 Å². The van der Waals surface area contributed by atoms with Gasteiger partial charge >= 0.3 is 0 Å². The minimum Gasteiger partial charge on any atom is -0.387 e. The maximum Gasteiger partial charge on any atom is 0.251 e. The fourth-order valence-electron chi connectivity index (χ4n) is 2.75. The SMILES string of the molecule is C=C(C)C(=O)Nc1ncnc2c1ncn2[C@@H]1O[C@H](C(O)C#CC)[C@@H](O)[C@H]1O. The van der Waals surface area contributed by atoms with E-state index in [9.17, 15) is 20.1 Å². The molecule has 0 saturated carbocycles. The van der Waals surface area contributed by atoms with Crippen molar-refractivity contribution in [2.45, 2.75) is 44.5 Å². The fraction of sp³-hybridized carbons (Fsp3) is 0.412. The molecular formula is C17H19N5O5. The third kappa shape index (κ3) is 3.41. The van der Waals surface area contributed by atoms with Gasteiger partial charge in [0.25, 0.3) is 5.91 Å².